The highest BCUT2D eigenvalue weighted by atomic mass is 32.7. The molecule has 2 unspecified atom stereocenters. The van der Waals surface area contributed by atoms with E-state index in [0.717, 1.165) is 52.6 Å². The van der Waals surface area contributed by atoms with Gasteiger partial charge in [0.05, 0.1) is 44.9 Å². The summed E-state index contributed by atoms with van der Waals surface area (Å²) in [6, 6.07) is 56.9. The van der Waals surface area contributed by atoms with Crippen LogP contribution in [0.4, 0.5) is 0 Å². The van der Waals surface area contributed by atoms with Crippen LogP contribution in [0.2, 0.25) is 0 Å². The van der Waals surface area contributed by atoms with Gasteiger partial charge in [-0.05, 0) is 21.2 Å². The molecular weight excluding hydrogens is 614 g/mol. The topological polar surface area (TPSA) is 34.1 Å². The summed E-state index contributed by atoms with van der Waals surface area (Å²) in [6.07, 6.45) is 0. The highest BCUT2D eigenvalue weighted by Gasteiger charge is 2.30. The summed E-state index contributed by atoms with van der Waals surface area (Å²) in [7, 11) is -5.30. The van der Waals surface area contributed by atoms with Crippen molar-refractivity contribution in [2.75, 3.05) is 0 Å². The van der Waals surface area contributed by atoms with E-state index in [-0.39, 0.29) is 0 Å². The second-order valence-electron chi connectivity index (χ2n) is 10.2. The van der Waals surface area contributed by atoms with Gasteiger partial charge in [-0.15, -0.1) is 0 Å². The van der Waals surface area contributed by atoms with Gasteiger partial charge in [0.2, 0.25) is 0 Å². The molecule has 0 amide bonds. The molecule has 0 aliphatic heterocycles. The lowest BCUT2D eigenvalue weighted by Gasteiger charge is -2.24. The molecule has 0 radical (unpaired) electrons. The van der Waals surface area contributed by atoms with Gasteiger partial charge in [-0.1, -0.05) is 170 Å². The average molecular weight is 643 g/mol. The Hall–Kier alpha value is -3.78. The zero-order chi connectivity index (χ0) is 29.9. The van der Waals surface area contributed by atoms with Crippen LogP contribution in [-0.4, -0.2) is 8.42 Å². The van der Waals surface area contributed by atoms with Crippen LogP contribution in [0, 0.1) is 0 Å². The van der Waals surface area contributed by atoms with Gasteiger partial charge in [-0.2, -0.15) is 0 Å². The molecule has 2 atom stereocenters. The molecule has 0 saturated heterocycles. The molecular formula is C38H28O2P2S2. The van der Waals surface area contributed by atoms with Crippen molar-refractivity contribution < 1.29 is 8.42 Å². The minimum Gasteiger partial charge on any atom is -0.249 e. The largest absolute Gasteiger partial charge is 0.249 e. The van der Waals surface area contributed by atoms with Crippen molar-refractivity contribution in [3.8, 4) is 0 Å². The summed E-state index contributed by atoms with van der Waals surface area (Å²) in [5.74, 6) is 0. The van der Waals surface area contributed by atoms with Crippen LogP contribution in [0.25, 0.3) is 21.5 Å². The predicted molar refractivity (Wildman–Crippen MR) is 192 cm³/mol. The Kier molecular flexibility index (Phi) is 8.60. The molecule has 214 valence electrons. The quantitative estimate of drug-likeness (QED) is 0.124. The molecule has 7 rings (SSSR count). The lowest BCUT2D eigenvalue weighted by Crippen LogP contribution is -2.16. The third-order valence-corrected chi connectivity index (χ3v) is 18.4. The van der Waals surface area contributed by atoms with Crippen molar-refractivity contribution >= 4 is 77.8 Å². The number of fused-ring (bicyclic) bond motifs is 2. The molecule has 0 N–H and O–H groups in total. The van der Waals surface area contributed by atoms with E-state index in [1.165, 1.54) is 0 Å². The summed E-state index contributed by atoms with van der Waals surface area (Å²) in [5, 5.41) is 7.81. The number of hydrogen-bond acceptors (Lipinski definition) is 2. The van der Waals surface area contributed by atoms with Gasteiger partial charge >= 0.3 is 0 Å². The summed E-state index contributed by atoms with van der Waals surface area (Å²) in [6.45, 7) is 0. The standard InChI is InChI=1S/C38H28O2P2S2/c39-43(41(29-17-5-1-6-18-29)30-19-7-2-8-20-30)37-33-25-13-15-27-35(33)38(36-28-16-14-26-34(36)37)44(40)42(31-21-9-3-10-22-31)32-23-11-4-12-24-32/h1-28H. The van der Waals surface area contributed by atoms with E-state index in [2.05, 4.69) is 48.5 Å². The molecule has 0 spiro atoms. The lowest BCUT2D eigenvalue weighted by atomic mass is 10.0. The molecule has 2 nitrogen and oxygen atoms in total. The van der Waals surface area contributed by atoms with Gasteiger partial charge in [0.1, 0.15) is 0 Å². The van der Waals surface area contributed by atoms with E-state index >= 15 is 8.42 Å². The van der Waals surface area contributed by atoms with Crippen molar-refractivity contribution in [2.24, 2.45) is 0 Å². The summed E-state index contributed by atoms with van der Waals surface area (Å²) in [4.78, 5) is 1.61. The first-order valence-electron chi connectivity index (χ1n) is 14.3. The molecule has 0 aliphatic carbocycles. The minimum absolute atomic E-state index is 0.805. The second-order valence-corrected chi connectivity index (χ2v) is 19.4. The van der Waals surface area contributed by atoms with Gasteiger partial charge in [-0.25, -0.2) is 8.42 Å². The van der Waals surface area contributed by atoms with Crippen LogP contribution in [-0.2, 0) is 20.8 Å². The third-order valence-electron chi connectivity index (χ3n) is 7.48. The molecule has 0 aromatic heterocycles. The normalized spacial score (nSPS) is 13.0. The molecule has 0 fully saturated rings. The first-order valence-corrected chi connectivity index (χ1v) is 20.5. The van der Waals surface area contributed by atoms with Gasteiger partial charge in [0.25, 0.3) is 0 Å². The molecule has 0 bridgehead atoms. The van der Waals surface area contributed by atoms with Gasteiger partial charge in [0.15, 0.2) is 0 Å². The zero-order valence-electron chi connectivity index (χ0n) is 23.7. The maximum atomic E-state index is 15.1. The van der Waals surface area contributed by atoms with Crippen molar-refractivity contribution in [2.45, 2.75) is 9.79 Å². The minimum atomic E-state index is -1.41. The van der Waals surface area contributed by atoms with Crippen molar-refractivity contribution in [3.63, 3.8) is 0 Å². The van der Waals surface area contributed by atoms with Crippen LogP contribution in [0.3, 0.4) is 0 Å². The molecule has 7 aromatic rings. The van der Waals surface area contributed by atoms with Crippen LogP contribution < -0.4 is 21.2 Å². The van der Waals surface area contributed by atoms with E-state index in [0.29, 0.717) is 0 Å². The molecule has 0 heterocycles. The monoisotopic (exact) mass is 642 g/mol. The Morgan fingerprint density at radius 2 is 0.500 bits per heavy atom. The van der Waals surface area contributed by atoms with Crippen LogP contribution in [0.15, 0.2) is 180 Å². The molecule has 44 heavy (non-hydrogen) atoms. The Morgan fingerprint density at radius 3 is 0.727 bits per heavy atom. The van der Waals surface area contributed by atoms with Crippen molar-refractivity contribution in [3.05, 3.63) is 170 Å². The van der Waals surface area contributed by atoms with Gasteiger partial charge in [0, 0.05) is 21.5 Å². The van der Waals surface area contributed by atoms with Crippen LogP contribution in [0.1, 0.15) is 0 Å². The van der Waals surface area contributed by atoms with E-state index in [4.69, 9.17) is 0 Å². The van der Waals surface area contributed by atoms with Gasteiger partial charge < -0.3 is 0 Å². The predicted octanol–water partition coefficient (Wildman–Crippen LogP) is 8.30. The van der Waals surface area contributed by atoms with E-state index in [9.17, 15) is 0 Å². The summed E-state index contributed by atoms with van der Waals surface area (Å²) >= 11 is 0. The number of benzene rings is 7. The first-order chi connectivity index (χ1) is 21.7. The van der Waals surface area contributed by atoms with Gasteiger partial charge in [-0.3, -0.25) is 0 Å². The fourth-order valence-electron chi connectivity index (χ4n) is 5.54. The smallest absolute Gasteiger partial charge is 0.0849 e. The van der Waals surface area contributed by atoms with Crippen molar-refractivity contribution in [1.29, 1.82) is 0 Å². The second kappa shape index (κ2) is 13.1. The van der Waals surface area contributed by atoms with Crippen LogP contribution in [0.5, 0.6) is 0 Å². The zero-order valence-corrected chi connectivity index (χ0v) is 27.1. The first kappa shape index (κ1) is 29.0. The summed E-state index contributed by atoms with van der Waals surface area (Å²) < 4.78 is 30.2. The highest BCUT2D eigenvalue weighted by Crippen LogP contribution is 2.51. The highest BCUT2D eigenvalue weighted by molar-refractivity contribution is 8.52. The number of hydrogen-bond donors (Lipinski definition) is 0. The summed E-state index contributed by atoms with van der Waals surface area (Å²) in [5.41, 5.74) is 0. The maximum Gasteiger partial charge on any atom is 0.0849 e. The number of rotatable bonds is 8. The lowest BCUT2D eigenvalue weighted by molar-refractivity contribution is 0.691. The van der Waals surface area contributed by atoms with Crippen LogP contribution >= 0.6 is 14.2 Å². The SMILES string of the molecule is O=S(c1c2ccccc2c(S(=O)P(c2ccccc2)c2ccccc2)c2ccccc12)P(c1ccccc1)c1ccccc1. The van der Waals surface area contributed by atoms with E-state index in [1.807, 2.05) is 121 Å². The Morgan fingerprint density at radius 1 is 0.295 bits per heavy atom. The van der Waals surface area contributed by atoms with Crippen molar-refractivity contribution in [1.82, 2.24) is 0 Å². The molecule has 0 aliphatic rings. The maximum absolute atomic E-state index is 15.1. The molecule has 7 aromatic carbocycles. The van der Waals surface area contributed by atoms with E-state index in [1.54, 1.807) is 0 Å². The Bertz CT molecular complexity index is 1820. The average Bonchev–Trinajstić information content (AvgIpc) is 3.09. The van der Waals surface area contributed by atoms with E-state index < -0.39 is 35.1 Å². The fraction of sp³-hybridized carbons (Fsp3) is 0. The Balaban J connectivity index is 1.50. The molecule has 6 heteroatoms. The fourth-order valence-corrected chi connectivity index (χ4v) is 16.5. The Labute approximate surface area is 264 Å². The third kappa shape index (κ3) is 5.49. The molecule has 0 saturated carbocycles.